The fraction of sp³-hybridized carbons (Fsp3) is 0.647. The summed E-state index contributed by atoms with van der Waals surface area (Å²) in [6.07, 6.45) is 5.09. The molecule has 0 radical (unpaired) electrons. The lowest BCUT2D eigenvalue weighted by Crippen LogP contribution is -2.28. The van der Waals surface area contributed by atoms with Crippen LogP contribution < -0.4 is 10.6 Å². The molecule has 1 aliphatic carbocycles. The number of nitrogens with one attached hydrogen (secondary N) is 2. The van der Waals surface area contributed by atoms with E-state index in [4.69, 9.17) is 0 Å². The summed E-state index contributed by atoms with van der Waals surface area (Å²) in [5, 5.41) is 6.07. The van der Waals surface area contributed by atoms with Crippen LogP contribution in [0.15, 0.2) is 12.1 Å². The van der Waals surface area contributed by atoms with Crippen molar-refractivity contribution < 1.29 is 4.79 Å². The Kier molecular flexibility index (Phi) is 4.86. The van der Waals surface area contributed by atoms with Gasteiger partial charge in [0.2, 0.25) is 0 Å². The molecular formula is C17H27N3O. The average molecular weight is 289 g/mol. The van der Waals surface area contributed by atoms with E-state index in [0.717, 1.165) is 30.4 Å². The molecule has 1 aliphatic rings. The maximum absolute atomic E-state index is 12.3. The van der Waals surface area contributed by atoms with E-state index in [9.17, 15) is 4.79 Å². The fourth-order valence-electron chi connectivity index (χ4n) is 2.45. The Hall–Kier alpha value is -1.58. The number of rotatable bonds is 5. The van der Waals surface area contributed by atoms with Crippen LogP contribution in [0.3, 0.4) is 0 Å². The zero-order valence-electron chi connectivity index (χ0n) is 13.6. The third-order valence-corrected chi connectivity index (χ3v) is 4.17. The summed E-state index contributed by atoms with van der Waals surface area (Å²) < 4.78 is 0. The molecule has 0 aliphatic heterocycles. The second kappa shape index (κ2) is 6.46. The summed E-state index contributed by atoms with van der Waals surface area (Å²) in [5.41, 5.74) is 1.54. The van der Waals surface area contributed by atoms with Gasteiger partial charge in [0.1, 0.15) is 5.82 Å². The minimum Gasteiger partial charge on any atom is -0.373 e. The highest BCUT2D eigenvalue weighted by Gasteiger charge is 2.20. The summed E-state index contributed by atoms with van der Waals surface area (Å²) >= 11 is 0. The fourth-order valence-corrected chi connectivity index (χ4v) is 2.45. The smallest absolute Gasteiger partial charge is 0.251 e. The first-order valence-electron chi connectivity index (χ1n) is 7.88. The van der Waals surface area contributed by atoms with E-state index in [1.807, 2.05) is 19.2 Å². The molecule has 1 amide bonds. The molecule has 4 heteroatoms. The molecule has 0 aromatic carbocycles. The van der Waals surface area contributed by atoms with E-state index < -0.39 is 0 Å². The van der Waals surface area contributed by atoms with Crippen molar-refractivity contribution in [3.8, 4) is 0 Å². The van der Waals surface area contributed by atoms with Crippen molar-refractivity contribution in [2.75, 3.05) is 18.9 Å². The highest BCUT2D eigenvalue weighted by molar-refractivity contribution is 5.95. The molecular weight excluding hydrogens is 262 g/mol. The number of pyridine rings is 1. The summed E-state index contributed by atoms with van der Waals surface area (Å²) in [7, 11) is 1.83. The minimum absolute atomic E-state index is 0.00118. The van der Waals surface area contributed by atoms with E-state index in [-0.39, 0.29) is 11.3 Å². The van der Waals surface area contributed by atoms with E-state index >= 15 is 0 Å². The van der Waals surface area contributed by atoms with Crippen molar-refractivity contribution in [2.45, 2.75) is 51.9 Å². The van der Waals surface area contributed by atoms with Crippen LogP contribution in [0.4, 0.5) is 5.82 Å². The van der Waals surface area contributed by atoms with Gasteiger partial charge < -0.3 is 10.6 Å². The number of carbonyl (C=O) groups excluding carboxylic acids is 1. The van der Waals surface area contributed by atoms with Crippen LogP contribution in [0.2, 0.25) is 0 Å². The molecule has 1 saturated carbocycles. The minimum atomic E-state index is -0.0756. The van der Waals surface area contributed by atoms with E-state index in [1.165, 1.54) is 19.3 Å². The van der Waals surface area contributed by atoms with Crippen LogP contribution in [0, 0.1) is 5.92 Å². The second-order valence-electron chi connectivity index (χ2n) is 6.97. The monoisotopic (exact) mass is 289 g/mol. The third kappa shape index (κ3) is 4.19. The van der Waals surface area contributed by atoms with Crippen LogP contribution in [-0.4, -0.2) is 24.5 Å². The van der Waals surface area contributed by atoms with Crippen molar-refractivity contribution in [2.24, 2.45) is 5.92 Å². The van der Waals surface area contributed by atoms with Gasteiger partial charge in [-0.15, -0.1) is 0 Å². The molecule has 1 aromatic heterocycles. The molecule has 0 saturated heterocycles. The first-order chi connectivity index (χ1) is 9.90. The number of hydrogen-bond donors (Lipinski definition) is 2. The molecule has 116 valence electrons. The van der Waals surface area contributed by atoms with Gasteiger partial charge in [0, 0.05) is 30.3 Å². The Labute approximate surface area is 127 Å². The van der Waals surface area contributed by atoms with Gasteiger partial charge in [-0.05, 0) is 24.5 Å². The van der Waals surface area contributed by atoms with Gasteiger partial charge >= 0.3 is 0 Å². The quantitative estimate of drug-likeness (QED) is 0.874. The van der Waals surface area contributed by atoms with Gasteiger partial charge in [-0.2, -0.15) is 0 Å². The second-order valence-corrected chi connectivity index (χ2v) is 6.97. The topological polar surface area (TPSA) is 54.0 Å². The van der Waals surface area contributed by atoms with E-state index in [0.29, 0.717) is 5.56 Å². The number of nitrogens with zero attached hydrogens (tertiary/aromatic N) is 1. The molecule has 1 aromatic rings. The van der Waals surface area contributed by atoms with Gasteiger partial charge in [-0.1, -0.05) is 40.0 Å². The van der Waals surface area contributed by atoms with Crippen molar-refractivity contribution in [1.82, 2.24) is 10.3 Å². The number of carbonyl (C=O) groups is 1. The Morgan fingerprint density at radius 2 is 2.05 bits per heavy atom. The predicted octanol–water partition coefficient (Wildman–Crippen LogP) is 3.34. The molecule has 2 rings (SSSR count). The summed E-state index contributed by atoms with van der Waals surface area (Å²) in [4.78, 5) is 16.9. The lowest BCUT2D eigenvalue weighted by molar-refractivity contribution is 0.0948. The van der Waals surface area contributed by atoms with Crippen molar-refractivity contribution in [1.29, 1.82) is 0 Å². The Morgan fingerprint density at radius 1 is 1.33 bits per heavy atom. The Morgan fingerprint density at radius 3 is 2.57 bits per heavy atom. The number of anilines is 1. The highest BCUT2D eigenvalue weighted by Crippen LogP contribution is 2.28. The molecule has 0 unspecified atom stereocenters. The van der Waals surface area contributed by atoms with Gasteiger partial charge in [0.25, 0.3) is 5.91 Å². The maximum Gasteiger partial charge on any atom is 0.251 e. The van der Waals surface area contributed by atoms with Crippen LogP contribution in [0.1, 0.15) is 62.5 Å². The zero-order chi connectivity index (χ0) is 15.5. The number of hydrogen-bond acceptors (Lipinski definition) is 3. The average Bonchev–Trinajstić information content (AvgIpc) is 2.39. The SMILES string of the molecule is CNc1cc(C(=O)NCCC2CCC2)cc(C(C)(C)C)n1. The summed E-state index contributed by atoms with van der Waals surface area (Å²) in [6.45, 7) is 7.08. The maximum atomic E-state index is 12.3. The molecule has 0 atom stereocenters. The van der Waals surface area contributed by atoms with Gasteiger partial charge in [0.05, 0.1) is 0 Å². The summed E-state index contributed by atoms with van der Waals surface area (Å²) in [6, 6.07) is 3.72. The molecule has 0 spiro atoms. The van der Waals surface area contributed by atoms with Crippen molar-refractivity contribution in [3.05, 3.63) is 23.4 Å². The lowest BCUT2D eigenvalue weighted by Gasteiger charge is -2.25. The number of aromatic nitrogens is 1. The molecule has 4 nitrogen and oxygen atoms in total. The van der Waals surface area contributed by atoms with Gasteiger partial charge in [0.15, 0.2) is 0 Å². The van der Waals surface area contributed by atoms with Gasteiger partial charge in [-0.25, -0.2) is 4.98 Å². The predicted molar refractivity (Wildman–Crippen MR) is 86.8 cm³/mol. The molecule has 0 bridgehead atoms. The normalized spacial score (nSPS) is 15.4. The van der Waals surface area contributed by atoms with E-state index in [2.05, 4.69) is 36.4 Å². The number of amides is 1. The van der Waals surface area contributed by atoms with Crippen LogP contribution >= 0.6 is 0 Å². The molecule has 21 heavy (non-hydrogen) atoms. The van der Waals surface area contributed by atoms with Crippen molar-refractivity contribution in [3.63, 3.8) is 0 Å². The standard InChI is InChI=1S/C17H27N3O/c1-17(2,3)14-10-13(11-15(18-4)20-14)16(21)19-9-8-12-6-5-7-12/h10-12H,5-9H2,1-4H3,(H,18,20)(H,19,21). The first kappa shape index (κ1) is 15.8. The lowest BCUT2D eigenvalue weighted by atomic mass is 9.83. The first-order valence-corrected chi connectivity index (χ1v) is 7.88. The van der Waals surface area contributed by atoms with Gasteiger partial charge in [-0.3, -0.25) is 4.79 Å². The Bertz CT molecular complexity index is 501. The largest absolute Gasteiger partial charge is 0.373 e. The van der Waals surface area contributed by atoms with Crippen LogP contribution in [0.5, 0.6) is 0 Å². The Balaban J connectivity index is 2.04. The highest BCUT2D eigenvalue weighted by atomic mass is 16.1. The molecule has 1 fully saturated rings. The summed E-state index contributed by atoms with van der Waals surface area (Å²) in [5.74, 6) is 1.56. The van der Waals surface area contributed by atoms with Crippen LogP contribution in [-0.2, 0) is 5.41 Å². The van der Waals surface area contributed by atoms with E-state index in [1.54, 1.807) is 0 Å². The molecule has 2 N–H and O–H groups in total. The third-order valence-electron chi connectivity index (χ3n) is 4.17. The van der Waals surface area contributed by atoms with Crippen molar-refractivity contribution >= 4 is 11.7 Å². The van der Waals surface area contributed by atoms with Crippen LogP contribution in [0.25, 0.3) is 0 Å². The zero-order valence-corrected chi connectivity index (χ0v) is 13.6. The molecule has 1 heterocycles.